The van der Waals surface area contributed by atoms with E-state index in [2.05, 4.69) is 6.92 Å². The summed E-state index contributed by atoms with van der Waals surface area (Å²) >= 11 is 0. The molecule has 0 aliphatic rings. The van der Waals surface area contributed by atoms with Gasteiger partial charge < -0.3 is 19.7 Å². The third-order valence-electron chi connectivity index (χ3n) is 5.54. The zero-order valence-electron chi connectivity index (χ0n) is 18.6. The monoisotopic (exact) mass is 436 g/mol. The summed E-state index contributed by atoms with van der Waals surface area (Å²) in [4.78, 5) is 11.0. The minimum absolute atomic E-state index is 0.166. The van der Waals surface area contributed by atoms with Crippen molar-refractivity contribution in [2.75, 3.05) is 6.61 Å². The number of carbonyl (C=O) groups is 1. The second-order valence-corrected chi connectivity index (χ2v) is 7.97. The van der Waals surface area contributed by atoms with E-state index in [4.69, 9.17) is 14.6 Å². The second kappa shape index (κ2) is 12.1. The Morgan fingerprint density at radius 1 is 0.844 bits per heavy atom. The van der Waals surface area contributed by atoms with Crippen LogP contribution in [0.3, 0.4) is 0 Å². The van der Waals surface area contributed by atoms with Gasteiger partial charge in [0.05, 0.1) is 12.2 Å². The molecule has 0 aliphatic carbocycles. The van der Waals surface area contributed by atoms with E-state index in [-0.39, 0.29) is 5.56 Å². The molecule has 0 aliphatic heterocycles. The van der Waals surface area contributed by atoms with E-state index >= 15 is 0 Å². The number of aliphatic hydroxyl groups is 1. The van der Waals surface area contributed by atoms with Gasteiger partial charge in [0.2, 0.25) is 6.29 Å². The molecule has 5 heteroatoms. The van der Waals surface area contributed by atoms with E-state index < -0.39 is 12.3 Å². The molecule has 2 N–H and O–H groups in total. The Balaban J connectivity index is 1.63. The lowest BCUT2D eigenvalue weighted by Crippen LogP contribution is -2.08. The minimum atomic E-state index is -1.19. The molecule has 0 amide bonds. The van der Waals surface area contributed by atoms with Gasteiger partial charge in [-0.3, -0.25) is 0 Å². The van der Waals surface area contributed by atoms with Crippen LogP contribution in [0.15, 0.2) is 60.7 Å². The van der Waals surface area contributed by atoms with Gasteiger partial charge in [0.25, 0.3) is 0 Å². The van der Waals surface area contributed by atoms with Crippen LogP contribution in [0.2, 0.25) is 0 Å². The molecule has 0 saturated heterocycles. The quantitative estimate of drug-likeness (QED) is 0.229. The van der Waals surface area contributed by atoms with Crippen LogP contribution in [-0.2, 0) is 0 Å². The molecular formula is C27H32O5. The molecule has 0 heterocycles. The highest BCUT2D eigenvalue weighted by molar-refractivity contribution is 5.91. The zero-order chi connectivity index (χ0) is 22.8. The predicted octanol–water partition coefficient (Wildman–Crippen LogP) is 6.74. The van der Waals surface area contributed by atoms with Gasteiger partial charge in [-0.25, -0.2) is 4.79 Å². The van der Waals surface area contributed by atoms with Crippen molar-refractivity contribution in [3.8, 4) is 11.5 Å². The van der Waals surface area contributed by atoms with Crippen molar-refractivity contribution in [1.82, 2.24) is 0 Å². The van der Waals surface area contributed by atoms with Crippen LogP contribution in [0.1, 0.15) is 74.1 Å². The maximum atomic E-state index is 11.0. The van der Waals surface area contributed by atoms with Gasteiger partial charge in [-0.15, -0.1) is 0 Å². The third-order valence-corrected chi connectivity index (χ3v) is 5.54. The number of carboxylic acid groups (broad SMARTS) is 1. The Morgan fingerprint density at radius 2 is 1.50 bits per heavy atom. The first-order valence-electron chi connectivity index (χ1n) is 11.4. The number of hydrogen-bond donors (Lipinski definition) is 2. The van der Waals surface area contributed by atoms with E-state index in [1.807, 2.05) is 36.4 Å². The maximum Gasteiger partial charge on any atom is 0.335 e. The first-order valence-corrected chi connectivity index (χ1v) is 11.4. The lowest BCUT2D eigenvalue weighted by molar-refractivity contribution is -0.0182. The van der Waals surface area contributed by atoms with E-state index in [9.17, 15) is 9.90 Å². The molecule has 1 atom stereocenters. The van der Waals surface area contributed by atoms with Crippen molar-refractivity contribution in [2.45, 2.75) is 58.2 Å². The number of rotatable bonds is 13. The van der Waals surface area contributed by atoms with Gasteiger partial charge in [0, 0.05) is 10.9 Å². The SMILES string of the molecule is CCCCCCCCCOc1ccc(C(O)Oc2ccc(C(=O)O)cc2)c2ccccc12. The molecule has 3 rings (SSSR count). The Kier molecular flexibility index (Phi) is 8.93. The van der Waals surface area contributed by atoms with E-state index in [0.717, 1.165) is 22.9 Å². The first kappa shape index (κ1) is 23.6. The van der Waals surface area contributed by atoms with Gasteiger partial charge >= 0.3 is 5.97 Å². The van der Waals surface area contributed by atoms with E-state index in [0.29, 0.717) is 17.9 Å². The van der Waals surface area contributed by atoms with E-state index in [1.165, 1.54) is 62.8 Å². The van der Waals surface area contributed by atoms with Crippen LogP contribution < -0.4 is 9.47 Å². The molecule has 0 aromatic heterocycles. The van der Waals surface area contributed by atoms with Crippen LogP contribution in [0.5, 0.6) is 11.5 Å². The molecule has 0 radical (unpaired) electrons. The summed E-state index contributed by atoms with van der Waals surface area (Å²) in [6.07, 6.45) is 7.46. The van der Waals surface area contributed by atoms with Crippen LogP contribution in [-0.4, -0.2) is 22.8 Å². The number of aliphatic hydroxyl groups excluding tert-OH is 1. The highest BCUT2D eigenvalue weighted by Crippen LogP contribution is 2.33. The Hall–Kier alpha value is -3.05. The largest absolute Gasteiger partial charge is 0.493 e. The van der Waals surface area contributed by atoms with Crippen molar-refractivity contribution in [2.24, 2.45) is 0 Å². The first-order chi connectivity index (χ1) is 15.6. The summed E-state index contributed by atoms with van der Waals surface area (Å²) in [5, 5.41) is 21.5. The number of carboxylic acids is 1. The number of hydrogen-bond acceptors (Lipinski definition) is 4. The number of benzene rings is 3. The molecular weight excluding hydrogens is 404 g/mol. The average Bonchev–Trinajstić information content (AvgIpc) is 2.81. The number of aromatic carboxylic acids is 1. The van der Waals surface area contributed by atoms with Gasteiger partial charge in [-0.05, 0) is 48.2 Å². The molecule has 0 spiro atoms. The standard InChI is InChI=1S/C27H32O5/c1-2-3-4-5-6-7-10-19-31-25-18-17-24(22-11-8-9-12-23(22)25)27(30)32-21-15-13-20(14-16-21)26(28)29/h8-9,11-18,27,30H,2-7,10,19H2,1H3,(H,28,29). The smallest absolute Gasteiger partial charge is 0.335 e. The van der Waals surface area contributed by atoms with Crippen molar-refractivity contribution in [3.63, 3.8) is 0 Å². The Morgan fingerprint density at radius 3 is 2.19 bits per heavy atom. The van der Waals surface area contributed by atoms with Gasteiger partial charge in [-0.2, -0.15) is 0 Å². The topological polar surface area (TPSA) is 76.0 Å². The highest BCUT2D eigenvalue weighted by atomic mass is 16.6. The van der Waals surface area contributed by atoms with Crippen LogP contribution in [0.4, 0.5) is 0 Å². The number of unbranched alkanes of at least 4 members (excludes halogenated alkanes) is 6. The molecule has 5 nitrogen and oxygen atoms in total. The normalized spacial score (nSPS) is 11.9. The summed E-state index contributed by atoms with van der Waals surface area (Å²) in [5.41, 5.74) is 0.797. The molecule has 0 saturated carbocycles. The summed E-state index contributed by atoms with van der Waals surface area (Å²) in [6.45, 7) is 2.90. The third kappa shape index (κ3) is 6.47. The summed E-state index contributed by atoms with van der Waals surface area (Å²) in [7, 11) is 0. The van der Waals surface area contributed by atoms with E-state index in [1.54, 1.807) is 0 Å². The summed E-state index contributed by atoms with van der Waals surface area (Å²) in [6, 6.07) is 17.4. The molecule has 3 aromatic rings. The van der Waals surface area contributed by atoms with Gasteiger partial charge in [0.1, 0.15) is 11.5 Å². The summed E-state index contributed by atoms with van der Waals surface area (Å²) < 4.78 is 11.7. The molecule has 0 fully saturated rings. The molecule has 32 heavy (non-hydrogen) atoms. The van der Waals surface area contributed by atoms with Crippen LogP contribution in [0.25, 0.3) is 10.8 Å². The number of fused-ring (bicyclic) bond motifs is 1. The fraction of sp³-hybridized carbons (Fsp3) is 0.370. The van der Waals surface area contributed by atoms with Gasteiger partial charge in [-0.1, -0.05) is 69.7 Å². The summed E-state index contributed by atoms with van der Waals surface area (Å²) in [5.74, 6) is 0.189. The van der Waals surface area contributed by atoms with Crippen LogP contribution >= 0.6 is 0 Å². The average molecular weight is 437 g/mol. The molecule has 0 bridgehead atoms. The fourth-order valence-corrected chi connectivity index (χ4v) is 3.75. The number of ether oxygens (including phenoxy) is 2. The predicted molar refractivity (Wildman–Crippen MR) is 126 cm³/mol. The molecule has 1 unspecified atom stereocenters. The molecule has 3 aromatic carbocycles. The fourth-order valence-electron chi connectivity index (χ4n) is 3.75. The highest BCUT2D eigenvalue weighted by Gasteiger charge is 2.16. The molecule has 170 valence electrons. The van der Waals surface area contributed by atoms with Crippen molar-refractivity contribution >= 4 is 16.7 Å². The maximum absolute atomic E-state index is 11.0. The zero-order valence-corrected chi connectivity index (χ0v) is 18.6. The Bertz CT molecular complexity index is 997. The second-order valence-electron chi connectivity index (χ2n) is 7.97. The van der Waals surface area contributed by atoms with Gasteiger partial charge in [0.15, 0.2) is 0 Å². The van der Waals surface area contributed by atoms with Crippen LogP contribution in [0, 0.1) is 0 Å². The Labute approximate surface area is 189 Å². The van der Waals surface area contributed by atoms with Crippen molar-refractivity contribution in [3.05, 3.63) is 71.8 Å². The van der Waals surface area contributed by atoms with Crippen molar-refractivity contribution in [1.29, 1.82) is 0 Å². The lowest BCUT2D eigenvalue weighted by atomic mass is 10.0. The lowest BCUT2D eigenvalue weighted by Gasteiger charge is -2.18. The minimum Gasteiger partial charge on any atom is -0.493 e. The van der Waals surface area contributed by atoms with Crippen molar-refractivity contribution < 1.29 is 24.5 Å².